The molecule has 0 aromatic carbocycles. The molecule has 0 amide bonds. The molecule has 3 N–H and O–H groups in total. The van der Waals surface area contributed by atoms with Crippen molar-refractivity contribution in [1.29, 1.82) is 0 Å². The Balaban J connectivity index is 3.08. The molecule has 0 bridgehead atoms. The van der Waals surface area contributed by atoms with Gasteiger partial charge in [-0.1, -0.05) is 19.4 Å². The van der Waals surface area contributed by atoms with Crippen LogP contribution in [0.1, 0.15) is 19.8 Å². The lowest BCUT2D eigenvalue weighted by Gasteiger charge is -2.12. The maximum absolute atomic E-state index is 9.14. The summed E-state index contributed by atoms with van der Waals surface area (Å²) in [6.07, 6.45) is 3.35. The Hall–Kier alpha value is -0.380. The minimum Gasteiger partial charge on any atom is -0.365 e. The molecule has 0 aliphatic carbocycles. The van der Waals surface area contributed by atoms with Gasteiger partial charge in [0.25, 0.3) is 0 Å². The molecule has 3 nitrogen and oxygen atoms in total. The van der Waals surface area contributed by atoms with E-state index in [9.17, 15) is 0 Å². The number of rotatable bonds is 7. The summed E-state index contributed by atoms with van der Waals surface area (Å²) in [5, 5.41) is 14.9. The first-order valence-electron chi connectivity index (χ1n) is 4.07. The first-order chi connectivity index (χ1) is 5.31. The van der Waals surface area contributed by atoms with Crippen molar-refractivity contribution in [3.8, 4) is 0 Å². The highest BCUT2D eigenvalue weighted by atomic mass is 16.3. The van der Waals surface area contributed by atoms with Crippen LogP contribution in [0.4, 0.5) is 0 Å². The predicted molar refractivity (Wildman–Crippen MR) is 47.1 cm³/mol. The fraction of sp³-hybridized carbons (Fsp3) is 0.750. The van der Waals surface area contributed by atoms with Gasteiger partial charge in [0.1, 0.15) is 0 Å². The minimum absolute atomic E-state index is 0.598. The molecule has 0 saturated carbocycles. The van der Waals surface area contributed by atoms with Gasteiger partial charge in [-0.05, 0) is 13.0 Å². The molecule has 0 fully saturated rings. The summed E-state index contributed by atoms with van der Waals surface area (Å²) in [6.45, 7) is 7.12. The van der Waals surface area contributed by atoms with Crippen molar-refractivity contribution in [2.75, 3.05) is 13.1 Å². The Morgan fingerprint density at radius 2 is 2.27 bits per heavy atom. The van der Waals surface area contributed by atoms with E-state index in [0.29, 0.717) is 6.54 Å². The van der Waals surface area contributed by atoms with Crippen LogP contribution >= 0.6 is 0 Å². The normalized spacial score (nSPS) is 12.9. The van der Waals surface area contributed by atoms with E-state index in [1.807, 2.05) is 0 Å². The molecule has 0 saturated heterocycles. The number of nitrogens with one attached hydrogen (secondary N) is 2. The van der Waals surface area contributed by atoms with Gasteiger partial charge in [0.2, 0.25) is 0 Å². The van der Waals surface area contributed by atoms with Crippen LogP contribution in [0.15, 0.2) is 12.7 Å². The van der Waals surface area contributed by atoms with Gasteiger partial charge < -0.3 is 5.11 Å². The van der Waals surface area contributed by atoms with Crippen LogP contribution in [0.3, 0.4) is 0 Å². The lowest BCUT2D eigenvalue weighted by atomic mass is 10.3. The third-order valence-corrected chi connectivity index (χ3v) is 1.32. The van der Waals surface area contributed by atoms with E-state index < -0.39 is 6.35 Å². The van der Waals surface area contributed by atoms with Crippen LogP contribution < -0.4 is 10.6 Å². The Labute approximate surface area is 68.5 Å². The molecule has 0 aliphatic heterocycles. The fourth-order valence-electron chi connectivity index (χ4n) is 0.683. The SMILES string of the molecule is C=CCNC(O)NCCCC. The molecule has 0 heterocycles. The highest BCUT2D eigenvalue weighted by Gasteiger charge is 1.96. The van der Waals surface area contributed by atoms with E-state index in [4.69, 9.17) is 5.11 Å². The Kier molecular flexibility index (Phi) is 7.46. The van der Waals surface area contributed by atoms with E-state index >= 15 is 0 Å². The van der Waals surface area contributed by atoms with Crippen molar-refractivity contribution < 1.29 is 5.11 Å². The number of unbranched alkanes of at least 4 members (excludes halogenated alkanes) is 1. The fourth-order valence-corrected chi connectivity index (χ4v) is 0.683. The largest absolute Gasteiger partial charge is 0.365 e. The van der Waals surface area contributed by atoms with E-state index in [1.54, 1.807) is 6.08 Å². The van der Waals surface area contributed by atoms with E-state index in [2.05, 4.69) is 24.1 Å². The minimum atomic E-state index is -0.598. The van der Waals surface area contributed by atoms with Crippen LogP contribution in [0.25, 0.3) is 0 Å². The van der Waals surface area contributed by atoms with Crippen molar-refractivity contribution in [3.05, 3.63) is 12.7 Å². The first kappa shape index (κ1) is 10.6. The number of hydrogen-bond acceptors (Lipinski definition) is 3. The Bertz CT molecular complexity index is 96.1. The summed E-state index contributed by atoms with van der Waals surface area (Å²) in [5.74, 6) is 0. The van der Waals surface area contributed by atoms with Crippen molar-refractivity contribution in [1.82, 2.24) is 10.6 Å². The van der Waals surface area contributed by atoms with Gasteiger partial charge in [-0.15, -0.1) is 6.58 Å². The van der Waals surface area contributed by atoms with Gasteiger partial charge in [-0.2, -0.15) is 0 Å². The summed E-state index contributed by atoms with van der Waals surface area (Å²) in [4.78, 5) is 0. The number of aliphatic hydroxyl groups is 1. The summed E-state index contributed by atoms with van der Waals surface area (Å²) in [7, 11) is 0. The zero-order chi connectivity index (χ0) is 8.53. The molecule has 0 spiro atoms. The average molecular weight is 158 g/mol. The quantitative estimate of drug-likeness (QED) is 0.286. The number of hydrogen-bond donors (Lipinski definition) is 3. The molecule has 0 aromatic rings. The maximum Gasteiger partial charge on any atom is 0.160 e. The zero-order valence-corrected chi connectivity index (χ0v) is 7.14. The molecule has 0 aliphatic rings. The van der Waals surface area contributed by atoms with E-state index in [-0.39, 0.29) is 0 Å². The zero-order valence-electron chi connectivity index (χ0n) is 7.14. The van der Waals surface area contributed by atoms with Crippen molar-refractivity contribution in [2.45, 2.75) is 26.1 Å². The monoisotopic (exact) mass is 158 g/mol. The van der Waals surface area contributed by atoms with Gasteiger partial charge >= 0.3 is 0 Å². The molecule has 0 aromatic heterocycles. The molecular formula is C8H18N2O. The highest BCUT2D eigenvalue weighted by Crippen LogP contribution is 1.82. The van der Waals surface area contributed by atoms with Crippen molar-refractivity contribution in [2.24, 2.45) is 0 Å². The van der Waals surface area contributed by atoms with Crippen molar-refractivity contribution >= 4 is 0 Å². The van der Waals surface area contributed by atoms with Crippen LogP contribution in [-0.2, 0) is 0 Å². The third-order valence-electron chi connectivity index (χ3n) is 1.32. The van der Waals surface area contributed by atoms with Crippen molar-refractivity contribution in [3.63, 3.8) is 0 Å². The van der Waals surface area contributed by atoms with Gasteiger partial charge in [-0.25, -0.2) is 0 Å². The van der Waals surface area contributed by atoms with Gasteiger partial charge in [0, 0.05) is 6.54 Å². The van der Waals surface area contributed by atoms with E-state index in [1.165, 1.54) is 0 Å². The Morgan fingerprint density at radius 3 is 2.82 bits per heavy atom. The molecule has 1 unspecified atom stereocenters. The molecule has 1 atom stereocenters. The molecule has 66 valence electrons. The predicted octanol–water partition coefficient (Wildman–Crippen LogP) is 0.428. The molecule has 11 heavy (non-hydrogen) atoms. The van der Waals surface area contributed by atoms with Gasteiger partial charge in [-0.3, -0.25) is 10.6 Å². The Morgan fingerprint density at radius 1 is 1.55 bits per heavy atom. The molecular weight excluding hydrogens is 140 g/mol. The van der Waals surface area contributed by atoms with Crippen LogP contribution in [0, 0.1) is 0 Å². The highest BCUT2D eigenvalue weighted by molar-refractivity contribution is 4.69. The second kappa shape index (κ2) is 7.72. The standard InChI is InChI=1S/C8H18N2O/c1-3-5-7-10-8(11)9-6-4-2/h4,8-11H,2-3,5-7H2,1H3. The molecule has 0 radical (unpaired) electrons. The summed E-state index contributed by atoms with van der Waals surface area (Å²) < 4.78 is 0. The summed E-state index contributed by atoms with van der Waals surface area (Å²) in [6, 6.07) is 0. The third kappa shape index (κ3) is 7.52. The van der Waals surface area contributed by atoms with Crippen LogP contribution in [0.2, 0.25) is 0 Å². The summed E-state index contributed by atoms with van der Waals surface area (Å²) >= 11 is 0. The maximum atomic E-state index is 9.14. The average Bonchev–Trinajstić information content (AvgIpc) is 2.01. The first-order valence-corrected chi connectivity index (χ1v) is 4.07. The van der Waals surface area contributed by atoms with Gasteiger partial charge in [0.15, 0.2) is 6.35 Å². The lowest BCUT2D eigenvalue weighted by Crippen LogP contribution is -2.42. The smallest absolute Gasteiger partial charge is 0.160 e. The molecule has 3 heteroatoms. The van der Waals surface area contributed by atoms with E-state index in [0.717, 1.165) is 19.4 Å². The molecule has 0 rings (SSSR count). The number of aliphatic hydroxyl groups excluding tert-OH is 1. The lowest BCUT2D eigenvalue weighted by molar-refractivity contribution is 0.106. The van der Waals surface area contributed by atoms with Crippen LogP contribution in [-0.4, -0.2) is 24.5 Å². The van der Waals surface area contributed by atoms with Crippen LogP contribution in [0.5, 0.6) is 0 Å². The second-order valence-corrected chi connectivity index (χ2v) is 2.41. The van der Waals surface area contributed by atoms with Gasteiger partial charge in [0.05, 0.1) is 0 Å². The summed E-state index contributed by atoms with van der Waals surface area (Å²) in [5.41, 5.74) is 0. The second-order valence-electron chi connectivity index (χ2n) is 2.41. The topological polar surface area (TPSA) is 44.3 Å².